The highest BCUT2D eigenvalue weighted by atomic mass is 35.5. The highest BCUT2D eigenvalue weighted by molar-refractivity contribution is 5.85. The molecule has 1 heterocycles. The molecule has 1 rings (SSSR count). The van der Waals surface area contributed by atoms with Crippen LogP contribution in [0.2, 0.25) is 0 Å². The first-order valence-electron chi connectivity index (χ1n) is 6.92. The molecule has 0 saturated carbocycles. The average molecular weight is 301 g/mol. The number of rotatable bonds is 7. The van der Waals surface area contributed by atoms with Gasteiger partial charge in [0.1, 0.15) is 5.82 Å². The number of halogens is 1. The van der Waals surface area contributed by atoms with Gasteiger partial charge in [-0.05, 0) is 37.6 Å². The first-order valence-corrected chi connectivity index (χ1v) is 6.92. The molecule has 0 aliphatic rings. The van der Waals surface area contributed by atoms with Gasteiger partial charge in [-0.2, -0.15) is 0 Å². The molecule has 20 heavy (non-hydrogen) atoms. The van der Waals surface area contributed by atoms with Gasteiger partial charge < -0.3 is 15.5 Å². The van der Waals surface area contributed by atoms with E-state index in [4.69, 9.17) is 5.73 Å². The maximum atomic E-state index is 5.77. The number of hydrogen-bond acceptors (Lipinski definition) is 4. The first kappa shape index (κ1) is 19.2. The van der Waals surface area contributed by atoms with Gasteiger partial charge in [-0.25, -0.2) is 4.98 Å². The Hall–Kier alpha value is -0.840. The summed E-state index contributed by atoms with van der Waals surface area (Å²) in [5.74, 6) is 1.02. The molecule has 0 atom stereocenters. The zero-order valence-corrected chi connectivity index (χ0v) is 14.2. The summed E-state index contributed by atoms with van der Waals surface area (Å²) in [6.07, 6.45) is 1.97. The molecule has 5 heteroatoms. The van der Waals surface area contributed by atoms with Gasteiger partial charge in [0, 0.05) is 32.9 Å². The van der Waals surface area contributed by atoms with Gasteiger partial charge >= 0.3 is 0 Å². The van der Waals surface area contributed by atoms with Crippen LogP contribution in [0.5, 0.6) is 0 Å². The van der Waals surface area contributed by atoms with Crippen molar-refractivity contribution in [2.24, 2.45) is 11.1 Å². The van der Waals surface area contributed by atoms with Crippen molar-refractivity contribution in [1.82, 2.24) is 9.88 Å². The van der Waals surface area contributed by atoms with Crippen LogP contribution in [0.3, 0.4) is 0 Å². The number of nitrogens with two attached hydrogens (primary N) is 1. The standard InChI is InChI=1S/C15H28N4.ClH/c1-6-19(5)14-8-7-13(9-17-14)10-18(4)12-15(2,3)11-16;/h7-9H,6,10-12,16H2,1-5H3;1H. The fraction of sp³-hybridized carbons (Fsp3) is 0.667. The van der Waals surface area contributed by atoms with Crippen molar-refractivity contribution in [3.63, 3.8) is 0 Å². The molecule has 0 bridgehead atoms. The van der Waals surface area contributed by atoms with Gasteiger partial charge in [0.2, 0.25) is 0 Å². The SMILES string of the molecule is CCN(C)c1ccc(CN(C)CC(C)(C)CN)cn1.Cl. The molecule has 0 radical (unpaired) electrons. The van der Waals surface area contributed by atoms with E-state index < -0.39 is 0 Å². The van der Waals surface area contributed by atoms with Gasteiger partial charge in [-0.1, -0.05) is 19.9 Å². The summed E-state index contributed by atoms with van der Waals surface area (Å²) in [6, 6.07) is 4.24. The van der Waals surface area contributed by atoms with Gasteiger partial charge in [-0.3, -0.25) is 0 Å². The zero-order valence-electron chi connectivity index (χ0n) is 13.4. The topological polar surface area (TPSA) is 45.4 Å². The minimum Gasteiger partial charge on any atom is -0.360 e. The van der Waals surface area contributed by atoms with Gasteiger partial charge in [0.15, 0.2) is 0 Å². The van der Waals surface area contributed by atoms with E-state index in [0.29, 0.717) is 6.54 Å². The van der Waals surface area contributed by atoms with E-state index in [0.717, 1.165) is 25.5 Å². The molecule has 1 aromatic heterocycles. The van der Waals surface area contributed by atoms with Crippen molar-refractivity contribution in [2.45, 2.75) is 27.3 Å². The van der Waals surface area contributed by atoms with Crippen molar-refractivity contribution in [3.05, 3.63) is 23.9 Å². The van der Waals surface area contributed by atoms with E-state index in [1.807, 2.05) is 6.20 Å². The Kier molecular flexibility index (Phi) is 8.09. The molecular formula is C15H29ClN4. The van der Waals surface area contributed by atoms with Crippen LogP contribution >= 0.6 is 12.4 Å². The van der Waals surface area contributed by atoms with Crippen LogP contribution in [-0.2, 0) is 6.54 Å². The highest BCUT2D eigenvalue weighted by Crippen LogP contribution is 2.16. The van der Waals surface area contributed by atoms with Gasteiger partial charge in [-0.15, -0.1) is 12.4 Å². The molecule has 0 fully saturated rings. The molecule has 2 N–H and O–H groups in total. The van der Waals surface area contributed by atoms with Crippen LogP contribution in [0.1, 0.15) is 26.3 Å². The number of pyridine rings is 1. The number of nitrogens with zero attached hydrogens (tertiary/aromatic N) is 3. The predicted molar refractivity (Wildman–Crippen MR) is 89.6 cm³/mol. The normalized spacial score (nSPS) is 11.3. The molecule has 1 aromatic rings. The summed E-state index contributed by atoms with van der Waals surface area (Å²) < 4.78 is 0. The van der Waals surface area contributed by atoms with Crippen molar-refractivity contribution in [2.75, 3.05) is 38.6 Å². The van der Waals surface area contributed by atoms with E-state index in [-0.39, 0.29) is 17.8 Å². The monoisotopic (exact) mass is 300 g/mol. The average Bonchev–Trinajstić information content (AvgIpc) is 2.38. The summed E-state index contributed by atoms with van der Waals surface area (Å²) in [5.41, 5.74) is 7.17. The van der Waals surface area contributed by atoms with E-state index in [9.17, 15) is 0 Å². The highest BCUT2D eigenvalue weighted by Gasteiger charge is 2.18. The number of aromatic nitrogens is 1. The van der Waals surface area contributed by atoms with E-state index in [2.05, 4.69) is 61.8 Å². The summed E-state index contributed by atoms with van der Waals surface area (Å²) in [6.45, 7) is 10.1. The smallest absolute Gasteiger partial charge is 0.128 e. The first-order chi connectivity index (χ1) is 8.88. The van der Waals surface area contributed by atoms with E-state index >= 15 is 0 Å². The Balaban J connectivity index is 0.00000361. The van der Waals surface area contributed by atoms with Crippen molar-refractivity contribution >= 4 is 18.2 Å². The van der Waals surface area contributed by atoms with Crippen LogP contribution in [0, 0.1) is 5.41 Å². The molecule has 116 valence electrons. The van der Waals surface area contributed by atoms with Crippen LogP contribution in [-0.4, -0.2) is 43.6 Å². The molecule has 0 aliphatic heterocycles. The molecule has 0 aromatic carbocycles. The van der Waals surface area contributed by atoms with E-state index in [1.54, 1.807) is 0 Å². The lowest BCUT2D eigenvalue weighted by Gasteiger charge is -2.29. The molecular weight excluding hydrogens is 272 g/mol. The van der Waals surface area contributed by atoms with Crippen molar-refractivity contribution in [1.29, 1.82) is 0 Å². The largest absolute Gasteiger partial charge is 0.360 e. The fourth-order valence-electron chi connectivity index (χ4n) is 2.06. The molecule has 4 nitrogen and oxygen atoms in total. The summed E-state index contributed by atoms with van der Waals surface area (Å²) in [7, 11) is 4.18. The van der Waals surface area contributed by atoms with Crippen LogP contribution in [0.25, 0.3) is 0 Å². The van der Waals surface area contributed by atoms with Gasteiger partial charge in [0.25, 0.3) is 0 Å². The minimum atomic E-state index is 0. The van der Waals surface area contributed by atoms with E-state index in [1.165, 1.54) is 5.56 Å². The molecule has 0 unspecified atom stereocenters. The third kappa shape index (κ3) is 6.07. The maximum Gasteiger partial charge on any atom is 0.128 e. The maximum absolute atomic E-state index is 5.77. The Morgan fingerprint density at radius 3 is 2.35 bits per heavy atom. The third-order valence-corrected chi connectivity index (χ3v) is 3.38. The third-order valence-electron chi connectivity index (χ3n) is 3.38. The van der Waals surface area contributed by atoms with Crippen LogP contribution in [0.15, 0.2) is 18.3 Å². The second-order valence-electron chi connectivity index (χ2n) is 6.08. The van der Waals surface area contributed by atoms with Crippen LogP contribution < -0.4 is 10.6 Å². The predicted octanol–water partition coefficient (Wildman–Crippen LogP) is 2.38. The minimum absolute atomic E-state index is 0. The zero-order chi connectivity index (χ0) is 14.5. The Morgan fingerprint density at radius 1 is 1.25 bits per heavy atom. The Bertz CT molecular complexity index is 378. The lowest BCUT2D eigenvalue weighted by molar-refractivity contribution is 0.210. The molecule has 0 aliphatic carbocycles. The second kappa shape index (κ2) is 8.45. The Labute approximate surface area is 129 Å². The summed E-state index contributed by atoms with van der Waals surface area (Å²) >= 11 is 0. The second-order valence-corrected chi connectivity index (χ2v) is 6.08. The van der Waals surface area contributed by atoms with Gasteiger partial charge in [0.05, 0.1) is 0 Å². The quantitative estimate of drug-likeness (QED) is 0.840. The number of hydrogen-bond donors (Lipinski definition) is 1. The summed E-state index contributed by atoms with van der Waals surface area (Å²) in [5, 5.41) is 0. The van der Waals surface area contributed by atoms with Crippen molar-refractivity contribution in [3.8, 4) is 0 Å². The molecule has 0 amide bonds. The molecule has 0 spiro atoms. The Morgan fingerprint density at radius 2 is 1.90 bits per heavy atom. The van der Waals surface area contributed by atoms with Crippen molar-refractivity contribution < 1.29 is 0 Å². The number of anilines is 1. The lowest BCUT2D eigenvalue weighted by Crippen LogP contribution is -2.36. The lowest BCUT2D eigenvalue weighted by atomic mass is 9.93. The summed E-state index contributed by atoms with van der Waals surface area (Å²) in [4.78, 5) is 8.92. The van der Waals surface area contributed by atoms with Crippen LogP contribution in [0.4, 0.5) is 5.82 Å². The molecule has 0 saturated heterocycles. The fourth-order valence-corrected chi connectivity index (χ4v) is 2.06.